The van der Waals surface area contributed by atoms with Crippen LogP contribution in [0.3, 0.4) is 0 Å². The highest BCUT2D eigenvalue weighted by atomic mass is 14.9. The molecule has 0 heterocycles. The Balaban J connectivity index is 1.58. The standard InChI is InChI=1S/C17H28N2/c1-2-10-18-11-5-12-19-14-15-8-9-16-6-3-4-7-17(16)13-15/h3-4,6-7,15,18-19H,2,5,8-14H2,1H3. The Morgan fingerprint density at radius 1 is 1.05 bits per heavy atom. The predicted molar refractivity (Wildman–Crippen MR) is 82.6 cm³/mol. The van der Waals surface area contributed by atoms with Crippen molar-refractivity contribution in [3.05, 3.63) is 35.4 Å². The monoisotopic (exact) mass is 260 g/mol. The van der Waals surface area contributed by atoms with Gasteiger partial charge in [-0.25, -0.2) is 0 Å². The molecule has 1 aliphatic carbocycles. The zero-order chi connectivity index (χ0) is 13.3. The lowest BCUT2D eigenvalue weighted by Gasteiger charge is -2.24. The van der Waals surface area contributed by atoms with Crippen LogP contribution >= 0.6 is 0 Å². The van der Waals surface area contributed by atoms with Crippen LogP contribution in [0, 0.1) is 5.92 Å². The van der Waals surface area contributed by atoms with Crippen molar-refractivity contribution >= 4 is 0 Å². The summed E-state index contributed by atoms with van der Waals surface area (Å²) in [6, 6.07) is 8.93. The van der Waals surface area contributed by atoms with Crippen molar-refractivity contribution in [1.82, 2.24) is 10.6 Å². The van der Waals surface area contributed by atoms with Crippen LogP contribution < -0.4 is 10.6 Å². The second-order valence-corrected chi connectivity index (χ2v) is 5.69. The zero-order valence-corrected chi connectivity index (χ0v) is 12.3. The number of fused-ring (bicyclic) bond motifs is 1. The summed E-state index contributed by atoms with van der Waals surface area (Å²) >= 11 is 0. The van der Waals surface area contributed by atoms with Gasteiger partial charge in [-0.05, 0) is 75.3 Å². The summed E-state index contributed by atoms with van der Waals surface area (Å²) in [4.78, 5) is 0. The first kappa shape index (κ1) is 14.5. The molecular weight excluding hydrogens is 232 g/mol. The zero-order valence-electron chi connectivity index (χ0n) is 12.3. The van der Waals surface area contributed by atoms with Crippen LogP contribution in [0.2, 0.25) is 0 Å². The highest BCUT2D eigenvalue weighted by molar-refractivity contribution is 5.29. The number of hydrogen-bond acceptors (Lipinski definition) is 2. The fourth-order valence-corrected chi connectivity index (χ4v) is 2.89. The van der Waals surface area contributed by atoms with E-state index in [0.29, 0.717) is 0 Å². The minimum Gasteiger partial charge on any atom is -0.317 e. The largest absolute Gasteiger partial charge is 0.317 e. The van der Waals surface area contributed by atoms with E-state index in [4.69, 9.17) is 0 Å². The van der Waals surface area contributed by atoms with Crippen molar-refractivity contribution in [3.63, 3.8) is 0 Å². The van der Waals surface area contributed by atoms with Crippen LogP contribution in [0.15, 0.2) is 24.3 Å². The van der Waals surface area contributed by atoms with Gasteiger partial charge in [0.1, 0.15) is 0 Å². The predicted octanol–water partition coefficient (Wildman–Crippen LogP) is 2.77. The molecule has 0 saturated carbocycles. The Hall–Kier alpha value is -0.860. The third-order valence-corrected chi connectivity index (χ3v) is 4.02. The Morgan fingerprint density at radius 2 is 1.84 bits per heavy atom. The number of aryl methyl sites for hydroxylation is 1. The molecule has 0 bridgehead atoms. The first-order chi connectivity index (χ1) is 9.40. The van der Waals surface area contributed by atoms with E-state index in [9.17, 15) is 0 Å². The first-order valence-electron chi connectivity index (χ1n) is 7.88. The SMILES string of the molecule is CCCNCCCNCC1CCc2ccccc2C1. The molecule has 2 nitrogen and oxygen atoms in total. The molecular formula is C17H28N2. The summed E-state index contributed by atoms with van der Waals surface area (Å²) in [6.07, 6.45) is 6.34. The van der Waals surface area contributed by atoms with E-state index in [0.717, 1.165) is 25.6 Å². The molecule has 0 fully saturated rings. The van der Waals surface area contributed by atoms with Gasteiger partial charge in [0, 0.05) is 0 Å². The van der Waals surface area contributed by atoms with Gasteiger partial charge in [0.15, 0.2) is 0 Å². The van der Waals surface area contributed by atoms with E-state index < -0.39 is 0 Å². The van der Waals surface area contributed by atoms with Crippen molar-refractivity contribution in [3.8, 4) is 0 Å². The van der Waals surface area contributed by atoms with Crippen molar-refractivity contribution < 1.29 is 0 Å². The molecule has 1 aromatic carbocycles. The molecule has 1 aromatic rings. The Kier molecular flexibility index (Phi) is 6.38. The minimum atomic E-state index is 0.832. The summed E-state index contributed by atoms with van der Waals surface area (Å²) in [7, 11) is 0. The molecule has 1 aliphatic rings. The second-order valence-electron chi connectivity index (χ2n) is 5.69. The highest BCUT2D eigenvalue weighted by Crippen LogP contribution is 2.24. The maximum Gasteiger partial charge on any atom is -0.00172 e. The molecule has 2 N–H and O–H groups in total. The Bertz CT molecular complexity index is 362. The molecule has 1 unspecified atom stereocenters. The molecule has 106 valence electrons. The topological polar surface area (TPSA) is 24.1 Å². The van der Waals surface area contributed by atoms with Gasteiger partial charge in [-0.1, -0.05) is 31.2 Å². The van der Waals surface area contributed by atoms with E-state index in [2.05, 4.69) is 41.8 Å². The van der Waals surface area contributed by atoms with Gasteiger partial charge in [-0.3, -0.25) is 0 Å². The summed E-state index contributed by atoms with van der Waals surface area (Å²) in [5.41, 5.74) is 3.15. The molecule has 0 amide bonds. The van der Waals surface area contributed by atoms with Crippen LogP contribution in [-0.2, 0) is 12.8 Å². The average molecular weight is 260 g/mol. The summed E-state index contributed by atoms with van der Waals surface area (Å²) in [6.45, 7) is 6.84. The molecule has 0 aromatic heterocycles. The smallest absolute Gasteiger partial charge is 0.00172 e. The van der Waals surface area contributed by atoms with E-state index in [1.807, 2.05) is 0 Å². The maximum atomic E-state index is 3.62. The van der Waals surface area contributed by atoms with Gasteiger partial charge in [0.05, 0.1) is 0 Å². The van der Waals surface area contributed by atoms with Gasteiger partial charge < -0.3 is 10.6 Å². The van der Waals surface area contributed by atoms with Gasteiger partial charge in [0.2, 0.25) is 0 Å². The van der Waals surface area contributed by atoms with E-state index >= 15 is 0 Å². The second kappa shape index (κ2) is 8.34. The van der Waals surface area contributed by atoms with E-state index in [-0.39, 0.29) is 0 Å². The fourth-order valence-electron chi connectivity index (χ4n) is 2.89. The molecule has 2 rings (SSSR count). The van der Waals surface area contributed by atoms with Gasteiger partial charge in [-0.2, -0.15) is 0 Å². The lowest BCUT2D eigenvalue weighted by Crippen LogP contribution is -2.29. The van der Waals surface area contributed by atoms with Crippen LogP contribution in [0.4, 0.5) is 0 Å². The molecule has 2 heteroatoms. The molecule has 0 spiro atoms. The quantitative estimate of drug-likeness (QED) is 0.702. The lowest BCUT2D eigenvalue weighted by molar-refractivity contribution is 0.422. The van der Waals surface area contributed by atoms with Gasteiger partial charge in [-0.15, -0.1) is 0 Å². The summed E-state index contributed by atoms with van der Waals surface area (Å²) in [5.74, 6) is 0.832. The van der Waals surface area contributed by atoms with Crippen molar-refractivity contribution in [2.24, 2.45) is 5.92 Å². The van der Waals surface area contributed by atoms with Crippen molar-refractivity contribution in [2.75, 3.05) is 26.2 Å². The van der Waals surface area contributed by atoms with Crippen LogP contribution in [0.1, 0.15) is 37.3 Å². The Labute approximate surface area is 118 Å². The number of benzene rings is 1. The average Bonchev–Trinajstić information content (AvgIpc) is 2.46. The summed E-state index contributed by atoms with van der Waals surface area (Å²) in [5, 5.41) is 7.07. The molecule has 1 atom stereocenters. The van der Waals surface area contributed by atoms with Gasteiger partial charge >= 0.3 is 0 Å². The van der Waals surface area contributed by atoms with Crippen LogP contribution in [0.25, 0.3) is 0 Å². The third kappa shape index (κ3) is 4.96. The number of rotatable bonds is 8. The number of nitrogens with one attached hydrogen (secondary N) is 2. The van der Waals surface area contributed by atoms with E-state index in [1.54, 1.807) is 11.1 Å². The Morgan fingerprint density at radius 3 is 2.68 bits per heavy atom. The van der Waals surface area contributed by atoms with E-state index in [1.165, 1.54) is 38.6 Å². The molecule has 0 saturated heterocycles. The van der Waals surface area contributed by atoms with Crippen molar-refractivity contribution in [2.45, 2.75) is 39.0 Å². The van der Waals surface area contributed by atoms with Crippen molar-refractivity contribution in [1.29, 1.82) is 0 Å². The fraction of sp³-hybridized carbons (Fsp3) is 0.647. The lowest BCUT2D eigenvalue weighted by atomic mass is 9.84. The maximum absolute atomic E-state index is 3.62. The highest BCUT2D eigenvalue weighted by Gasteiger charge is 2.17. The summed E-state index contributed by atoms with van der Waals surface area (Å²) < 4.78 is 0. The minimum absolute atomic E-state index is 0.832. The van der Waals surface area contributed by atoms with Gasteiger partial charge in [0.25, 0.3) is 0 Å². The van der Waals surface area contributed by atoms with Crippen LogP contribution in [-0.4, -0.2) is 26.2 Å². The normalized spacial score (nSPS) is 18.3. The molecule has 19 heavy (non-hydrogen) atoms. The third-order valence-electron chi connectivity index (χ3n) is 4.02. The first-order valence-corrected chi connectivity index (χ1v) is 7.88. The number of hydrogen-bond donors (Lipinski definition) is 2. The molecule has 0 radical (unpaired) electrons. The molecule has 0 aliphatic heterocycles. The van der Waals surface area contributed by atoms with Crippen LogP contribution in [0.5, 0.6) is 0 Å².